The zero-order chi connectivity index (χ0) is 17.9. The largest absolute Gasteiger partial charge is 0.410 e. The van der Waals surface area contributed by atoms with Crippen LogP contribution in [0.3, 0.4) is 0 Å². The summed E-state index contributed by atoms with van der Waals surface area (Å²) in [5.74, 6) is 1.18. The normalized spacial score (nSPS) is 31.4. The van der Waals surface area contributed by atoms with Crippen LogP contribution in [0.15, 0.2) is 5.16 Å². The van der Waals surface area contributed by atoms with Crippen LogP contribution in [0.1, 0.15) is 38.5 Å². The molecule has 0 amide bonds. The van der Waals surface area contributed by atoms with Crippen LogP contribution in [0.5, 0.6) is 0 Å². The molecule has 0 saturated carbocycles. The lowest BCUT2D eigenvalue weighted by Crippen LogP contribution is -2.57. The monoisotopic (exact) mass is 383 g/mol. The van der Waals surface area contributed by atoms with Gasteiger partial charge in [0.25, 0.3) is 0 Å². The Labute approximate surface area is 151 Å². The molecule has 0 bridgehead atoms. The molecule has 1 aliphatic rings. The number of unbranched alkanes of at least 4 members (excludes halogenated alkanes) is 4. The van der Waals surface area contributed by atoms with Crippen LogP contribution >= 0.6 is 23.5 Å². The van der Waals surface area contributed by atoms with Crippen molar-refractivity contribution >= 4 is 28.6 Å². The molecule has 1 saturated heterocycles. The molecule has 7 nitrogen and oxygen atoms in total. The van der Waals surface area contributed by atoms with Crippen molar-refractivity contribution in [3.05, 3.63) is 0 Å². The van der Waals surface area contributed by atoms with E-state index in [1.165, 1.54) is 18.6 Å². The third-order valence-corrected chi connectivity index (χ3v) is 5.83. The second-order valence-electron chi connectivity index (χ2n) is 5.82. The van der Waals surface area contributed by atoms with Crippen LogP contribution in [0.4, 0.5) is 0 Å². The molecule has 0 aromatic carbocycles. The zero-order valence-electron chi connectivity index (χ0n) is 14.0. The molecule has 0 spiro atoms. The number of aliphatic hydroxyl groups is 4. The number of hydrogen-bond donors (Lipinski definition) is 5. The van der Waals surface area contributed by atoms with Crippen LogP contribution in [-0.4, -0.2) is 79.1 Å². The van der Waals surface area contributed by atoms with Crippen LogP contribution in [0.25, 0.3) is 0 Å². The van der Waals surface area contributed by atoms with Gasteiger partial charge in [0.15, 0.2) is 0 Å². The fraction of sp³-hybridized carbons (Fsp3) is 0.933. The summed E-state index contributed by atoms with van der Waals surface area (Å²) < 4.78 is 5.39. The smallest absolute Gasteiger partial charge is 0.138 e. The van der Waals surface area contributed by atoms with Crippen molar-refractivity contribution in [3.63, 3.8) is 0 Å². The third kappa shape index (κ3) is 7.07. The fourth-order valence-corrected chi connectivity index (χ4v) is 4.05. The molecule has 5 atom stereocenters. The summed E-state index contributed by atoms with van der Waals surface area (Å²) in [6.07, 6.45) is 3.01. The molecule has 142 valence electrons. The van der Waals surface area contributed by atoms with Gasteiger partial charge < -0.3 is 30.4 Å². The van der Waals surface area contributed by atoms with Gasteiger partial charge in [-0.25, -0.2) is 0 Å². The lowest BCUT2D eigenvalue weighted by Gasteiger charge is -2.39. The summed E-state index contributed by atoms with van der Waals surface area (Å²) in [4.78, 5) is 0. The number of thioether (sulfide) groups is 2. The van der Waals surface area contributed by atoms with E-state index in [-0.39, 0.29) is 0 Å². The highest BCUT2D eigenvalue weighted by Crippen LogP contribution is 2.30. The van der Waals surface area contributed by atoms with Crippen molar-refractivity contribution in [2.24, 2.45) is 5.16 Å². The summed E-state index contributed by atoms with van der Waals surface area (Å²) in [5.41, 5.74) is -0.895. The van der Waals surface area contributed by atoms with Crippen molar-refractivity contribution in [2.45, 2.75) is 68.4 Å². The van der Waals surface area contributed by atoms with Gasteiger partial charge in [0.05, 0.1) is 6.61 Å². The maximum Gasteiger partial charge on any atom is 0.138 e. The van der Waals surface area contributed by atoms with Crippen molar-refractivity contribution in [2.75, 3.05) is 18.6 Å². The maximum atomic E-state index is 9.98. The number of oxime groups is 1. The molecule has 1 rings (SSSR count). The molecule has 1 aliphatic heterocycles. The first-order valence-electron chi connectivity index (χ1n) is 8.22. The minimum absolute atomic E-state index is 0.406. The van der Waals surface area contributed by atoms with Gasteiger partial charge in [-0.2, -0.15) is 11.8 Å². The second-order valence-corrected chi connectivity index (χ2v) is 7.98. The topological polar surface area (TPSA) is 123 Å². The first-order valence-corrected chi connectivity index (χ1v) is 10.5. The van der Waals surface area contributed by atoms with Crippen molar-refractivity contribution in [1.82, 2.24) is 0 Å². The Balaban J connectivity index is 2.36. The quantitative estimate of drug-likeness (QED) is 0.125. The minimum atomic E-state index is -1.41. The Morgan fingerprint density at radius 3 is 2.29 bits per heavy atom. The Bertz CT molecular complexity index is 372. The van der Waals surface area contributed by atoms with Gasteiger partial charge in [0.1, 0.15) is 34.9 Å². The standard InChI is InChI=1S/C15H29NO6S2/c1-23-8-6-4-2-3-5-7-11(16-21)24-15-14(20)13(19)12(18)10(9-17)22-15/h10,12-15,17-21H,2-9H2,1H3/t10-,12-,13+,14-,15+/m1/s1. The number of nitrogens with zero attached hydrogens (tertiary/aromatic N) is 1. The maximum absolute atomic E-state index is 9.98. The Hall–Kier alpha value is -0.0300. The van der Waals surface area contributed by atoms with Gasteiger partial charge in [-0.05, 0) is 31.3 Å². The lowest BCUT2D eigenvalue weighted by atomic mass is 10.0. The highest BCUT2D eigenvalue weighted by Gasteiger charge is 2.44. The molecule has 0 radical (unpaired) electrons. The van der Waals surface area contributed by atoms with E-state index in [1.54, 1.807) is 0 Å². The second kappa shape index (κ2) is 12.3. The van der Waals surface area contributed by atoms with Gasteiger partial charge in [0, 0.05) is 0 Å². The Kier molecular flexibility index (Phi) is 11.3. The molecular weight excluding hydrogens is 354 g/mol. The molecule has 1 fully saturated rings. The first kappa shape index (κ1) is 22.0. The summed E-state index contributed by atoms with van der Waals surface area (Å²) in [6.45, 7) is -0.469. The van der Waals surface area contributed by atoms with E-state index < -0.39 is 36.5 Å². The molecule has 24 heavy (non-hydrogen) atoms. The average molecular weight is 384 g/mol. The Morgan fingerprint density at radius 2 is 1.67 bits per heavy atom. The van der Waals surface area contributed by atoms with E-state index in [0.29, 0.717) is 11.5 Å². The fourth-order valence-electron chi connectivity index (χ4n) is 2.48. The lowest BCUT2D eigenvalue weighted by molar-refractivity contribution is -0.205. The molecule has 0 aromatic rings. The molecule has 1 heterocycles. The summed E-state index contributed by atoms with van der Waals surface area (Å²) in [5, 5.41) is 51.4. The van der Waals surface area contributed by atoms with Gasteiger partial charge in [0.2, 0.25) is 0 Å². The number of ether oxygens (including phenoxy) is 1. The summed E-state index contributed by atoms with van der Waals surface area (Å²) in [7, 11) is 0. The molecular formula is C15H29NO6S2. The molecule has 0 aliphatic carbocycles. The molecule has 5 N–H and O–H groups in total. The predicted molar refractivity (Wildman–Crippen MR) is 96.7 cm³/mol. The molecule has 0 aromatic heterocycles. The number of aliphatic hydroxyl groups excluding tert-OH is 4. The first-order chi connectivity index (χ1) is 11.5. The van der Waals surface area contributed by atoms with Gasteiger partial charge in [-0.1, -0.05) is 36.2 Å². The van der Waals surface area contributed by atoms with E-state index in [4.69, 9.17) is 15.1 Å². The van der Waals surface area contributed by atoms with Gasteiger partial charge in [-0.3, -0.25) is 0 Å². The van der Waals surface area contributed by atoms with E-state index in [0.717, 1.165) is 31.0 Å². The number of rotatable bonds is 10. The van der Waals surface area contributed by atoms with E-state index >= 15 is 0 Å². The predicted octanol–water partition coefficient (Wildman–Crippen LogP) is 1.01. The summed E-state index contributed by atoms with van der Waals surface area (Å²) in [6, 6.07) is 0. The molecule has 0 unspecified atom stereocenters. The van der Waals surface area contributed by atoms with Crippen molar-refractivity contribution in [1.29, 1.82) is 0 Å². The van der Waals surface area contributed by atoms with Crippen molar-refractivity contribution in [3.8, 4) is 0 Å². The van der Waals surface area contributed by atoms with Gasteiger partial charge >= 0.3 is 0 Å². The van der Waals surface area contributed by atoms with E-state index in [2.05, 4.69) is 11.4 Å². The highest BCUT2D eigenvalue weighted by molar-refractivity contribution is 8.14. The number of hydrogen-bond acceptors (Lipinski definition) is 9. The van der Waals surface area contributed by atoms with Crippen LogP contribution in [0, 0.1) is 0 Å². The van der Waals surface area contributed by atoms with Crippen LogP contribution in [0.2, 0.25) is 0 Å². The van der Waals surface area contributed by atoms with E-state index in [9.17, 15) is 15.3 Å². The zero-order valence-corrected chi connectivity index (χ0v) is 15.6. The third-order valence-electron chi connectivity index (χ3n) is 3.95. The minimum Gasteiger partial charge on any atom is -0.410 e. The Morgan fingerprint density at radius 1 is 1.00 bits per heavy atom. The average Bonchev–Trinajstić information content (AvgIpc) is 2.59. The molecule has 9 heteroatoms. The summed E-state index contributed by atoms with van der Waals surface area (Å²) >= 11 is 2.86. The SMILES string of the molecule is CSCCCCCCCC(=NO)S[C@@H]1O[C@H](CO)[C@@H](O)[C@H](O)[C@H]1O. The van der Waals surface area contributed by atoms with Gasteiger partial charge in [-0.15, -0.1) is 0 Å². The van der Waals surface area contributed by atoms with Crippen LogP contribution in [-0.2, 0) is 4.74 Å². The van der Waals surface area contributed by atoms with Crippen LogP contribution < -0.4 is 0 Å². The van der Waals surface area contributed by atoms with Crippen molar-refractivity contribution < 1.29 is 30.4 Å². The highest BCUT2D eigenvalue weighted by atomic mass is 32.2. The van der Waals surface area contributed by atoms with E-state index in [1.807, 2.05) is 11.8 Å².